The first-order valence-electron chi connectivity index (χ1n) is 29.7. The topological polar surface area (TPSA) is 95.9 Å². The number of ether oxygens (including phenoxy) is 1. The van der Waals surface area contributed by atoms with E-state index in [9.17, 15) is 19.8 Å². The number of carbonyl (C=O) groups is 2. The number of amides is 1. The van der Waals surface area contributed by atoms with Crippen LogP contribution < -0.4 is 5.32 Å². The van der Waals surface area contributed by atoms with Crippen LogP contribution in [0.3, 0.4) is 0 Å². The molecule has 2 atom stereocenters. The molecule has 3 N–H and O–H groups in total. The highest BCUT2D eigenvalue weighted by atomic mass is 16.5. The van der Waals surface area contributed by atoms with Gasteiger partial charge in [0.1, 0.15) is 0 Å². The van der Waals surface area contributed by atoms with Crippen molar-refractivity contribution in [2.24, 2.45) is 0 Å². The molecule has 0 fully saturated rings. The average Bonchev–Trinajstić information content (AvgIpc) is 3.33. The maximum Gasteiger partial charge on any atom is 0.305 e. The molecule has 1 amide bonds. The van der Waals surface area contributed by atoms with Gasteiger partial charge in [-0.25, -0.2) is 0 Å². The highest BCUT2D eigenvalue weighted by Crippen LogP contribution is 2.17. The van der Waals surface area contributed by atoms with Gasteiger partial charge in [-0.1, -0.05) is 256 Å². The average molecular weight is 943 g/mol. The van der Waals surface area contributed by atoms with Gasteiger partial charge in [0, 0.05) is 12.8 Å². The number of hydrogen-bond donors (Lipinski definition) is 3. The van der Waals surface area contributed by atoms with Crippen LogP contribution in [0.1, 0.15) is 316 Å². The van der Waals surface area contributed by atoms with Crippen molar-refractivity contribution in [1.82, 2.24) is 5.32 Å². The number of aliphatic hydroxyl groups excluding tert-OH is 2. The van der Waals surface area contributed by atoms with Crippen molar-refractivity contribution < 1.29 is 24.5 Å². The van der Waals surface area contributed by atoms with Gasteiger partial charge in [0.25, 0.3) is 0 Å². The van der Waals surface area contributed by atoms with Crippen molar-refractivity contribution in [2.45, 2.75) is 328 Å². The smallest absolute Gasteiger partial charge is 0.305 e. The van der Waals surface area contributed by atoms with E-state index in [1.165, 1.54) is 193 Å². The first-order valence-corrected chi connectivity index (χ1v) is 29.7. The van der Waals surface area contributed by atoms with Crippen LogP contribution in [0.25, 0.3) is 0 Å². The number of unbranched alkanes of at least 4 members (excludes halogenated alkanes) is 38. The largest absolute Gasteiger partial charge is 0.466 e. The molecule has 0 aromatic carbocycles. The molecule has 67 heavy (non-hydrogen) atoms. The zero-order chi connectivity index (χ0) is 48.6. The Kier molecular flexibility index (Phi) is 55.0. The summed E-state index contributed by atoms with van der Waals surface area (Å²) in [4.78, 5) is 24.5. The Balaban J connectivity index is 3.49. The maximum absolute atomic E-state index is 12.5. The van der Waals surface area contributed by atoms with E-state index in [-0.39, 0.29) is 18.5 Å². The minimum absolute atomic E-state index is 0.0375. The Morgan fingerprint density at radius 1 is 0.418 bits per heavy atom. The van der Waals surface area contributed by atoms with Crippen LogP contribution in [0.5, 0.6) is 0 Å². The normalized spacial score (nSPS) is 12.8. The van der Waals surface area contributed by atoms with Crippen molar-refractivity contribution in [1.29, 1.82) is 0 Å². The molecule has 0 aromatic rings. The second-order valence-corrected chi connectivity index (χ2v) is 20.3. The van der Waals surface area contributed by atoms with Crippen molar-refractivity contribution >= 4 is 11.9 Å². The van der Waals surface area contributed by atoms with E-state index in [4.69, 9.17) is 4.74 Å². The lowest BCUT2D eigenvalue weighted by molar-refractivity contribution is -0.143. The van der Waals surface area contributed by atoms with Gasteiger partial charge in [-0.15, -0.1) is 0 Å². The first-order chi connectivity index (χ1) is 33.0. The fraction of sp³-hybridized carbons (Fsp3) is 0.869. The lowest BCUT2D eigenvalue weighted by Crippen LogP contribution is -2.45. The molecular weight excluding hydrogens is 827 g/mol. The van der Waals surface area contributed by atoms with Crippen LogP contribution in [0.2, 0.25) is 0 Å². The molecule has 0 aliphatic carbocycles. The quantitative estimate of drug-likeness (QED) is 0.0321. The van der Waals surface area contributed by atoms with Crippen LogP contribution in [0, 0.1) is 0 Å². The number of esters is 1. The van der Waals surface area contributed by atoms with Gasteiger partial charge in [0.2, 0.25) is 5.91 Å². The molecule has 0 rings (SSSR count). The summed E-state index contributed by atoms with van der Waals surface area (Å²) in [6, 6.07) is -0.563. The summed E-state index contributed by atoms with van der Waals surface area (Å²) in [5.74, 6) is -0.0968. The molecule has 2 unspecified atom stereocenters. The van der Waals surface area contributed by atoms with Gasteiger partial charge in [0.15, 0.2) is 0 Å². The zero-order valence-corrected chi connectivity index (χ0v) is 44.9. The number of rotatable bonds is 55. The molecule has 6 nitrogen and oxygen atoms in total. The van der Waals surface area contributed by atoms with Crippen molar-refractivity contribution in [3.8, 4) is 0 Å². The molecule has 0 saturated carbocycles. The molecule has 0 aliphatic heterocycles. The van der Waals surface area contributed by atoms with Crippen molar-refractivity contribution in [2.75, 3.05) is 13.2 Å². The van der Waals surface area contributed by atoms with E-state index in [0.717, 1.165) is 89.9 Å². The van der Waals surface area contributed by atoms with Crippen molar-refractivity contribution in [3.63, 3.8) is 0 Å². The third kappa shape index (κ3) is 53.3. The maximum atomic E-state index is 12.5. The van der Waals surface area contributed by atoms with Crippen LogP contribution in [0.4, 0.5) is 0 Å². The van der Waals surface area contributed by atoms with Crippen LogP contribution in [-0.4, -0.2) is 47.4 Å². The third-order valence-electron chi connectivity index (χ3n) is 13.6. The Morgan fingerprint density at radius 3 is 1.21 bits per heavy atom. The fourth-order valence-electron chi connectivity index (χ4n) is 9.08. The molecule has 0 spiro atoms. The highest BCUT2D eigenvalue weighted by molar-refractivity contribution is 5.76. The lowest BCUT2D eigenvalue weighted by Gasteiger charge is -2.22. The van der Waals surface area contributed by atoms with Gasteiger partial charge in [0.05, 0.1) is 25.4 Å². The third-order valence-corrected chi connectivity index (χ3v) is 13.6. The Morgan fingerprint density at radius 2 is 0.776 bits per heavy atom. The van der Waals surface area contributed by atoms with Crippen molar-refractivity contribution in [3.05, 3.63) is 36.5 Å². The number of aliphatic hydroxyl groups is 2. The summed E-state index contributed by atoms with van der Waals surface area (Å²) in [5.41, 5.74) is 0. The molecule has 0 aliphatic rings. The number of carbonyl (C=O) groups excluding carboxylic acids is 2. The number of nitrogens with one attached hydrogen (secondary N) is 1. The van der Waals surface area contributed by atoms with Gasteiger partial charge in [-0.05, 0) is 83.5 Å². The van der Waals surface area contributed by atoms with Gasteiger partial charge in [-0.3, -0.25) is 9.59 Å². The molecule has 0 bridgehead atoms. The van der Waals surface area contributed by atoms with Gasteiger partial charge in [-0.2, -0.15) is 0 Å². The van der Waals surface area contributed by atoms with E-state index in [2.05, 4.69) is 55.6 Å². The predicted molar refractivity (Wildman–Crippen MR) is 292 cm³/mol. The lowest BCUT2D eigenvalue weighted by atomic mass is 10.0. The summed E-state index contributed by atoms with van der Waals surface area (Å²) in [7, 11) is 0. The zero-order valence-electron chi connectivity index (χ0n) is 44.9. The SMILES string of the molecule is CCC/C=C\C/C=C\CCCCCCCC(=O)OCCCCC/C=C\CCCCCCCC(=O)NC(CO)C(O)CCCCCCCCCCCCCCCCCCCCCCCCCCC. The molecule has 0 radical (unpaired) electrons. The van der Waals surface area contributed by atoms with E-state index in [1.807, 2.05) is 0 Å². The molecule has 0 saturated heterocycles. The van der Waals surface area contributed by atoms with E-state index < -0.39 is 12.1 Å². The summed E-state index contributed by atoms with van der Waals surface area (Å²) >= 11 is 0. The monoisotopic (exact) mass is 942 g/mol. The number of allylic oxidation sites excluding steroid dienone is 6. The minimum Gasteiger partial charge on any atom is -0.466 e. The van der Waals surface area contributed by atoms with Crippen LogP contribution in [-0.2, 0) is 14.3 Å². The Labute approximate surface area is 417 Å². The summed E-state index contributed by atoms with van der Waals surface area (Å²) in [6.07, 6.45) is 70.0. The van der Waals surface area contributed by atoms with E-state index in [0.29, 0.717) is 25.9 Å². The van der Waals surface area contributed by atoms with E-state index >= 15 is 0 Å². The van der Waals surface area contributed by atoms with Gasteiger partial charge < -0.3 is 20.3 Å². The molecule has 0 heterocycles. The second kappa shape index (κ2) is 56.7. The Hall–Kier alpha value is -1.92. The minimum atomic E-state index is -0.683. The highest BCUT2D eigenvalue weighted by Gasteiger charge is 2.20. The van der Waals surface area contributed by atoms with Crippen LogP contribution >= 0.6 is 0 Å². The predicted octanol–water partition coefficient (Wildman–Crippen LogP) is 18.4. The molecule has 6 heteroatoms. The first kappa shape index (κ1) is 65.1. The molecule has 394 valence electrons. The molecule has 0 aromatic heterocycles. The summed E-state index contributed by atoms with van der Waals surface area (Å²) < 4.78 is 5.44. The number of hydrogen-bond acceptors (Lipinski definition) is 5. The van der Waals surface area contributed by atoms with Gasteiger partial charge >= 0.3 is 5.97 Å². The molecular formula is C61H115NO5. The van der Waals surface area contributed by atoms with Crippen LogP contribution in [0.15, 0.2) is 36.5 Å². The summed E-state index contributed by atoms with van der Waals surface area (Å²) in [5, 5.41) is 23.3. The Bertz CT molecular complexity index is 1090. The second-order valence-electron chi connectivity index (χ2n) is 20.3. The fourth-order valence-corrected chi connectivity index (χ4v) is 9.08. The summed E-state index contributed by atoms with van der Waals surface area (Å²) in [6.45, 7) is 4.84. The van der Waals surface area contributed by atoms with E-state index in [1.54, 1.807) is 0 Å². The standard InChI is InChI=1S/C61H115NO5/c1-3-5-7-9-11-13-15-17-18-19-20-21-22-23-24-25-26-27-28-30-33-37-41-45-49-53-59(64)58(57-63)62-60(65)54-50-46-42-38-34-31-32-36-40-44-48-52-56-67-61(66)55-51-47-43-39-35-29-16-14-12-10-8-6-4-2/h8,10,14,16,32,36,58-59,63-64H,3-7,9,11-13,15,17-31,33-35,37-57H2,1-2H3,(H,62,65)/b10-8-,16-14-,36-32-.